The van der Waals surface area contributed by atoms with E-state index in [0.29, 0.717) is 11.5 Å². The normalized spacial score (nSPS) is 21.3. The Balaban J connectivity index is 1.22. The Morgan fingerprint density at radius 1 is 0.943 bits per heavy atom. The molecule has 2 aliphatic rings. The first-order valence-corrected chi connectivity index (χ1v) is 13.2. The van der Waals surface area contributed by atoms with Crippen LogP contribution in [-0.2, 0) is 9.53 Å². The van der Waals surface area contributed by atoms with Gasteiger partial charge in [0.25, 0.3) is 0 Å². The Morgan fingerprint density at radius 2 is 1.66 bits per heavy atom. The molecule has 35 heavy (non-hydrogen) atoms. The standard InChI is InChI=1S/C30H39NO4/c1-21(23-8-10-25(11-9-23)30(33)34-2)31-29(32)27-13-12-26(20-27)24-14-16-28(17-15-24)35-19-18-22-6-4-3-5-7-22/h8-11,14-17,21-22,26-27H,3-7,12-13,18-20H2,1-2H3,(H,31,32)/t21-,26?,27?/m0/s1. The van der Waals surface area contributed by atoms with Gasteiger partial charge in [-0.2, -0.15) is 0 Å². The highest BCUT2D eigenvalue weighted by molar-refractivity contribution is 5.89. The summed E-state index contributed by atoms with van der Waals surface area (Å²) in [6, 6.07) is 15.6. The second-order valence-corrected chi connectivity index (χ2v) is 10.3. The van der Waals surface area contributed by atoms with Crippen LogP contribution in [0.25, 0.3) is 0 Å². The van der Waals surface area contributed by atoms with Gasteiger partial charge in [-0.25, -0.2) is 4.79 Å². The molecule has 2 unspecified atom stereocenters. The van der Waals surface area contributed by atoms with Crippen molar-refractivity contribution in [3.8, 4) is 5.75 Å². The molecule has 1 N–H and O–H groups in total. The second kappa shape index (κ2) is 12.2. The van der Waals surface area contributed by atoms with Crippen molar-refractivity contribution in [1.29, 1.82) is 0 Å². The SMILES string of the molecule is COC(=O)c1ccc([C@H](C)NC(=O)C2CCC(c3ccc(OCCC4CCCCC4)cc3)C2)cc1. The van der Waals surface area contributed by atoms with Gasteiger partial charge in [-0.15, -0.1) is 0 Å². The highest BCUT2D eigenvalue weighted by Gasteiger charge is 2.31. The van der Waals surface area contributed by atoms with E-state index in [0.717, 1.165) is 49.5 Å². The fourth-order valence-electron chi connectivity index (χ4n) is 5.62. The molecular formula is C30H39NO4. The third-order valence-electron chi connectivity index (χ3n) is 7.87. The summed E-state index contributed by atoms with van der Waals surface area (Å²) in [5.74, 6) is 1.99. The van der Waals surface area contributed by atoms with Crippen LogP contribution < -0.4 is 10.1 Å². The largest absolute Gasteiger partial charge is 0.494 e. The van der Waals surface area contributed by atoms with Gasteiger partial charge in [0.1, 0.15) is 5.75 Å². The van der Waals surface area contributed by atoms with Crippen molar-refractivity contribution in [3.63, 3.8) is 0 Å². The molecule has 0 heterocycles. The first kappa shape index (κ1) is 25.3. The molecule has 0 radical (unpaired) electrons. The topological polar surface area (TPSA) is 64.6 Å². The van der Waals surface area contributed by atoms with E-state index in [-0.39, 0.29) is 23.8 Å². The number of carbonyl (C=O) groups is 2. The number of ether oxygens (including phenoxy) is 2. The zero-order valence-electron chi connectivity index (χ0n) is 21.1. The molecule has 0 aliphatic heterocycles. The number of amides is 1. The number of esters is 1. The molecule has 5 heteroatoms. The highest BCUT2D eigenvalue weighted by Crippen LogP contribution is 2.39. The van der Waals surface area contributed by atoms with Crippen LogP contribution in [0.2, 0.25) is 0 Å². The molecule has 1 amide bonds. The summed E-state index contributed by atoms with van der Waals surface area (Å²) >= 11 is 0. The van der Waals surface area contributed by atoms with E-state index in [4.69, 9.17) is 9.47 Å². The smallest absolute Gasteiger partial charge is 0.337 e. The van der Waals surface area contributed by atoms with Crippen LogP contribution in [0.15, 0.2) is 48.5 Å². The fraction of sp³-hybridized carbons (Fsp3) is 0.533. The lowest BCUT2D eigenvalue weighted by atomic mass is 9.87. The monoisotopic (exact) mass is 477 g/mol. The second-order valence-electron chi connectivity index (χ2n) is 10.3. The Kier molecular flexibility index (Phi) is 8.84. The summed E-state index contributed by atoms with van der Waals surface area (Å²) < 4.78 is 10.8. The van der Waals surface area contributed by atoms with Crippen LogP contribution in [-0.4, -0.2) is 25.6 Å². The number of rotatable bonds is 9. The summed E-state index contributed by atoms with van der Waals surface area (Å²) in [6.07, 6.45) is 10.8. The highest BCUT2D eigenvalue weighted by atomic mass is 16.5. The zero-order valence-corrected chi connectivity index (χ0v) is 21.1. The van der Waals surface area contributed by atoms with Gasteiger partial charge >= 0.3 is 5.97 Å². The number of hydrogen-bond acceptors (Lipinski definition) is 4. The minimum absolute atomic E-state index is 0.0308. The number of nitrogens with one attached hydrogen (secondary N) is 1. The molecular weight excluding hydrogens is 438 g/mol. The van der Waals surface area contributed by atoms with Gasteiger partial charge in [-0.05, 0) is 79.8 Å². The summed E-state index contributed by atoms with van der Waals surface area (Å²) in [4.78, 5) is 24.5. The average molecular weight is 478 g/mol. The summed E-state index contributed by atoms with van der Waals surface area (Å²) in [7, 11) is 1.37. The molecule has 0 spiro atoms. The first-order chi connectivity index (χ1) is 17.0. The molecule has 4 rings (SSSR count). The Labute approximate surface area is 209 Å². The molecule has 2 fully saturated rings. The van der Waals surface area contributed by atoms with Crippen molar-refractivity contribution in [2.75, 3.05) is 13.7 Å². The van der Waals surface area contributed by atoms with Crippen LogP contribution in [0.5, 0.6) is 5.75 Å². The van der Waals surface area contributed by atoms with E-state index in [2.05, 4.69) is 29.6 Å². The zero-order chi connectivity index (χ0) is 24.6. The summed E-state index contributed by atoms with van der Waals surface area (Å²) in [6.45, 7) is 2.78. The van der Waals surface area contributed by atoms with Crippen molar-refractivity contribution >= 4 is 11.9 Å². The lowest BCUT2D eigenvalue weighted by molar-refractivity contribution is -0.125. The third kappa shape index (κ3) is 6.87. The Morgan fingerprint density at radius 3 is 2.34 bits per heavy atom. The predicted octanol–water partition coefficient (Wildman–Crippen LogP) is 6.58. The van der Waals surface area contributed by atoms with Crippen LogP contribution in [0.3, 0.4) is 0 Å². The van der Waals surface area contributed by atoms with Crippen LogP contribution in [0.1, 0.15) is 98.2 Å². The molecule has 2 aromatic rings. The van der Waals surface area contributed by atoms with Crippen molar-refractivity contribution in [3.05, 3.63) is 65.2 Å². The van der Waals surface area contributed by atoms with E-state index in [1.165, 1.54) is 44.8 Å². The minimum atomic E-state index is -0.357. The average Bonchev–Trinajstić information content (AvgIpc) is 3.40. The number of methoxy groups -OCH3 is 1. The number of hydrogen-bond donors (Lipinski definition) is 1. The van der Waals surface area contributed by atoms with Gasteiger partial charge in [0.2, 0.25) is 5.91 Å². The molecule has 0 aromatic heterocycles. The molecule has 2 saturated carbocycles. The van der Waals surface area contributed by atoms with Crippen molar-refractivity contribution in [2.24, 2.45) is 11.8 Å². The first-order valence-electron chi connectivity index (χ1n) is 13.2. The molecule has 5 nitrogen and oxygen atoms in total. The Hall–Kier alpha value is -2.82. The maximum atomic E-state index is 12.9. The molecule has 0 bridgehead atoms. The van der Waals surface area contributed by atoms with E-state index in [1.807, 2.05) is 19.1 Å². The van der Waals surface area contributed by atoms with Gasteiger partial charge < -0.3 is 14.8 Å². The third-order valence-corrected chi connectivity index (χ3v) is 7.87. The molecule has 3 atom stereocenters. The van der Waals surface area contributed by atoms with Gasteiger partial charge in [0.05, 0.1) is 25.3 Å². The van der Waals surface area contributed by atoms with Gasteiger partial charge in [-0.1, -0.05) is 56.4 Å². The fourth-order valence-corrected chi connectivity index (χ4v) is 5.62. The van der Waals surface area contributed by atoms with Crippen LogP contribution in [0, 0.1) is 11.8 Å². The van der Waals surface area contributed by atoms with E-state index < -0.39 is 0 Å². The maximum absolute atomic E-state index is 12.9. The Bertz CT molecular complexity index is 963. The molecule has 188 valence electrons. The summed E-state index contributed by atoms with van der Waals surface area (Å²) in [5, 5.41) is 3.16. The summed E-state index contributed by atoms with van der Waals surface area (Å²) in [5.41, 5.74) is 2.78. The van der Waals surface area contributed by atoms with Crippen LogP contribution in [0.4, 0.5) is 0 Å². The molecule has 0 saturated heterocycles. The molecule has 2 aliphatic carbocycles. The molecule has 2 aromatic carbocycles. The minimum Gasteiger partial charge on any atom is -0.494 e. The quantitative estimate of drug-likeness (QED) is 0.414. The van der Waals surface area contributed by atoms with E-state index >= 15 is 0 Å². The maximum Gasteiger partial charge on any atom is 0.337 e. The van der Waals surface area contributed by atoms with Crippen LogP contribution >= 0.6 is 0 Å². The number of benzene rings is 2. The van der Waals surface area contributed by atoms with Crippen molar-refractivity contribution < 1.29 is 19.1 Å². The number of carbonyl (C=O) groups excluding carboxylic acids is 2. The van der Waals surface area contributed by atoms with Crippen molar-refractivity contribution in [1.82, 2.24) is 5.32 Å². The lowest BCUT2D eigenvalue weighted by Gasteiger charge is -2.21. The van der Waals surface area contributed by atoms with Gasteiger partial charge in [0.15, 0.2) is 0 Å². The van der Waals surface area contributed by atoms with E-state index in [9.17, 15) is 9.59 Å². The predicted molar refractivity (Wildman–Crippen MR) is 138 cm³/mol. The van der Waals surface area contributed by atoms with E-state index in [1.54, 1.807) is 12.1 Å². The van der Waals surface area contributed by atoms with Crippen molar-refractivity contribution in [2.45, 2.75) is 76.7 Å². The van der Waals surface area contributed by atoms with Gasteiger partial charge in [-0.3, -0.25) is 4.79 Å². The lowest BCUT2D eigenvalue weighted by Crippen LogP contribution is -2.31. The van der Waals surface area contributed by atoms with Gasteiger partial charge in [0, 0.05) is 5.92 Å².